The van der Waals surface area contributed by atoms with Crippen LogP contribution < -0.4 is 5.32 Å². The quantitative estimate of drug-likeness (QED) is 0.902. The molecule has 0 amide bonds. The summed E-state index contributed by atoms with van der Waals surface area (Å²) in [6.45, 7) is 5.76. The molecule has 1 aromatic carbocycles. The maximum atomic E-state index is 4.46. The van der Waals surface area contributed by atoms with Gasteiger partial charge in [0.05, 0.1) is 0 Å². The molecule has 0 saturated heterocycles. The van der Waals surface area contributed by atoms with Gasteiger partial charge in [-0.25, -0.2) is 0 Å². The molecule has 3 unspecified atom stereocenters. The fourth-order valence-electron chi connectivity index (χ4n) is 3.66. The zero-order valence-corrected chi connectivity index (χ0v) is 12.5. The van der Waals surface area contributed by atoms with Crippen molar-refractivity contribution in [1.82, 2.24) is 10.3 Å². The van der Waals surface area contributed by atoms with E-state index >= 15 is 0 Å². The molecular formula is C18H24N2. The van der Waals surface area contributed by atoms with Gasteiger partial charge in [-0.05, 0) is 48.6 Å². The number of benzene rings is 1. The molecule has 2 nitrogen and oxygen atoms in total. The Morgan fingerprint density at radius 1 is 1.20 bits per heavy atom. The lowest BCUT2D eigenvalue weighted by Crippen LogP contribution is -2.32. The third kappa shape index (κ3) is 2.45. The highest BCUT2D eigenvalue weighted by Gasteiger charge is 2.34. The molecule has 0 aliphatic heterocycles. The van der Waals surface area contributed by atoms with E-state index in [9.17, 15) is 0 Å². The van der Waals surface area contributed by atoms with E-state index in [0.717, 1.165) is 6.54 Å². The average Bonchev–Trinajstić information content (AvgIpc) is 2.85. The molecule has 3 rings (SSSR count). The predicted octanol–water partition coefficient (Wildman–Crippen LogP) is 4.12. The second-order valence-electron chi connectivity index (χ2n) is 6.05. The van der Waals surface area contributed by atoms with Gasteiger partial charge in [0.1, 0.15) is 0 Å². The minimum Gasteiger partial charge on any atom is -0.314 e. The summed E-state index contributed by atoms with van der Waals surface area (Å²) < 4.78 is 0. The van der Waals surface area contributed by atoms with E-state index in [0.29, 0.717) is 17.9 Å². The van der Waals surface area contributed by atoms with Crippen LogP contribution >= 0.6 is 0 Å². The van der Waals surface area contributed by atoms with Crippen LogP contribution in [0.15, 0.2) is 36.7 Å². The second kappa shape index (κ2) is 5.92. The maximum absolute atomic E-state index is 4.46. The van der Waals surface area contributed by atoms with Gasteiger partial charge in [0.25, 0.3) is 0 Å². The molecule has 2 aromatic rings. The van der Waals surface area contributed by atoms with Gasteiger partial charge in [0.2, 0.25) is 0 Å². The smallest absolute Gasteiger partial charge is 0.0346 e. The lowest BCUT2D eigenvalue weighted by Gasteiger charge is -2.22. The van der Waals surface area contributed by atoms with Crippen molar-refractivity contribution in [2.24, 2.45) is 5.92 Å². The second-order valence-corrected chi connectivity index (χ2v) is 6.05. The molecular weight excluding hydrogens is 244 g/mol. The Hall–Kier alpha value is -1.41. The largest absolute Gasteiger partial charge is 0.314 e. The molecule has 20 heavy (non-hydrogen) atoms. The number of aromatic nitrogens is 1. The Morgan fingerprint density at radius 2 is 2.05 bits per heavy atom. The van der Waals surface area contributed by atoms with E-state index in [1.54, 1.807) is 0 Å². The molecule has 1 heterocycles. The van der Waals surface area contributed by atoms with Crippen LogP contribution in [0.4, 0.5) is 0 Å². The van der Waals surface area contributed by atoms with Crippen molar-refractivity contribution in [2.45, 2.75) is 45.1 Å². The van der Waals surface area contributed by atoms with E-state index < -0.39 is 0 Å². The highest BCUT2D eigenvalue weighted by Crippen LogP contribution is 2.41. The molecule has 1 aliphatic carbocycles. The van der Waals surface area contributed by atoms with Crippen LogP contribution in [0, 0.1) is 5.92 Å². The normalized spacial score (nSPS) is 26.2. The van der Waals surface area contributed by atoms with Crippen molar-refractivity contribution >= 4 is 10.8 Å². The summed E-state index contributed by atoms with van der Waals surface area (Å²) in [5, 5.41) is 6.36. The molecule has 1 aromatic heterocycles. The van der Waals surface area contributed by atoms with Crippen molar-refractivity contribution < 1.29 is 0 Å². The summed E-state index contributed by atoms with van der Waals surface area (Å²) in [6, 6.07) is 9.30. The molecule has 0 spiro atoms. The van der Waals surface area contributed by atoms with Gasteiger partial charge in [0, 0.05) is 23.8 Å². The minimum atomic E-state index is 0.642. The number of pyridine rings is 1. The summed E-state index contributed by atoms with van der Waals surface area (Å²) in [5.74, 6) is 1.33. The Morgan fingerprint density at radius 3 is 2.90 bits per heavy atom. The molecule has 1 fully saturated rings. The van der Waals surface area contributed by atoms with Gasteiger partial charge in [-0.2, -0.15) is 0 Å². The monoisotopic (exact) mass is 268 g/mol. The van der Waals surface area contributed by atoms with Crippen molar-refractivity contribution in [3.8, 4) is 0 Å². The first kappa shape index (κ1) is 13.6. The number of hydrogen-bond donors (Lipinski definition) is 1. The lowest BCUT2D eigenvalue weighted by molar-refractivity contribution is 0.405. The Labute approximate surface area is 121 Å². The zero-order chi connectivity index (χ0) is 13.9. The first-order valence-electron chi connectivity index (χ1n) is 7.87. The van der Waals surface area contributed by atoms with Gasteiger partial charge < -0.3 is 5.32 Å². The molecule has 1 aliphatic rings. The van der Waals surface area contributed by atoms with E-state index in [1.807, 2.05) is 6.20 Å². The Bertz CT molecular complexity index is 573. The summed E-state index contributed by atoms with van der Waals surface area (Å²) in [6.07, 6.45) is 7.84. The molecule has 1 saturated carbocycles. The van der Waals surface area contributed by atoms with Gasteiger partial charge in [0.15, 0.2) is 0 Å². The summed E-state index contributed by atoms with van der Waals surface area (Å²) in [4.78, 5) is 4.46. The lowest BCUT2D eigenvalue weighted by atomic mass is 9.87. The van der Waals surface area contributed by atoms with E-state index in [1.165, 1.54) is 35.6 Å². The highest BCUT2D eigenvalue weighted by molar-refractivity contribution is 5.85. The standard InChI is InChI=1S/C18H24N2/c1-3-10-20-18-9-8-15(13(18)2)17-12-19-11-14-6-4-5-7-16(14)17/h4-7,11-13,15,18,20H,3,8-10H2,1-2H3. The SMILES string of the molecule is CCCNC1CCC(c2cncc3ccccc23)C1C. The van der Waals surface area contributed by atoms with Gasteiger partial charge in [-0.3, -0.25) is 4.98 Å². The fourth-order valence-corrected chi connectivity index (χ4v) is 3.66. The third-order valence-electron chi connectivity index (χ3n) is 4.81. The van der Waals surface area contributed by atoms with Crippen LogP contribution in [0.2, 0.25) is 0 Å². The van der Waals surface area contributed by atoms with Gasteiger partial charge in [-0.1, -0.05) is 38.1 Å². The summed E-state index contributed by atoms with van der Waals surface area (Å²) in [5.41, 5.74) is 1.44. The van der Waals surface area contributed by atoms with Crippen LogP contribution in [0.1, 0.15) is 44.6 Å². The number of nitrogens with zero attached hydrogens (tertiary/aromatic N) is 1. The third-order valence-corrected chi connectivity index (χ3v) is 4.81. The molecule has 3 atom stereocenters. The van der Waals surface area contributed by atoms with E-state index in [-0.39, 0.29) is 0 Å². The number of nitrogens with one attached hydrogen (secondary N) is 1. The van der Waals surface area contributed by atoms with E-state index in [2.05, 4.69) is 54.6 Å². The van der Waals surface area contributed by atoms with Gasteiger partial charge in [-0.15, -0.1) is 0 Å². The van der Waals surface area contributed by atoms with Crippen molar-refractivity contribution in [1.29, 1.82) is 0 Å². The van der Waals surface area contributed by atoms with Crippen LogP contribution in [0.3, 0.4) is 0 Å². The molecule has 0 radical (unpaired) electrons. The van der Waals surface area contributed by atoms with Crippen molar-refractivity contribution in [3.63, 3.8) is 0 Å². The molecule has 106 valence electrons. The van der Waals surface area contributed by atoms with E-state index in [4.69, 9.17) is 0 Å². The summed E-state index contributed by atoms with van der Waals surface area (Å²) >= 11 is 0. The fraction of sp³-hybridized carbons (Fsp3) is 0.500. The van der Waals surface area contributed by atoms with Crippen LogP contribution in [-0.2, 0) is 0 Å². The molecule has 1 N–H and O–H groups in total. The Balaban J connectivity index is 1.88. The van der Waals surface area contributed by atoms with Crippen LogP contribution in [-0.4, -0.2) is 17.6 Å². The minimum absolute atomic E-state index is 0.642. The zero-order valence-electron chi connectivity index (χ0n) is 12.5. The molecule has 2 heteroatoms. The summed E-state index contributed by atoms with van der Waals surface area (Å²) in [7, 11) is 0. The average molecular weight is 268 g/mol. The Kier molecular flexibility index (Phi) is 4.02. The highest BCUT2D eigenvalue weighted by atomic mass is 14.9. The predicted molar refractivity (Wildman–Crippen MR) is 85.0 cm³/mol. The number of rotatable bonds is 4. The number of hydrogen-bond acceptors (Lipinski definition) is 2. The maximum Gasteiger partial charge on any atom is 0.0346 e. The topological polar surface area (TPSA) is 24.9 Å². The number of fused-ring (bicyclic) bond motifs is 1. The van der Waals surface area contributed by atoms with Crippen molar-refractivity contribution in [3.05, 3.63) is 42.2 Å². The van der Waals surface area contributed by atoms with Gasteiger partial charge >= 0.3 is 0 Å². The molecule has 0 bridgehead atoms. The first-order valence-corrected chi connectivity index (χ1v) is 7.87. The first-order chi connectivity index (χ1) is 9.81. The van der Waals surface area contributed by atoms with Crippen LogP contribution in [0.5, 0.6) is 0 Å². The van der Waals surface area contributed by atoms with Crippen molar-refractivity contribution in [2.75, 3.05) is 6.54 Å². The van der Waals surface area contributed by atoms with Crippen LogP contribution in [0.25, 0.3) is 10.8 Å².